The van der Waals surface area contributed by atoms with Crippen LogP contribution in [0.2, 0.25) is 0 Å². The smallest absolute Gasteiger partial charge is 0.336 e. The van der Waals surface area contributed by atoms with Crippen molar-refractivity contribution in [1.82, 2.24) is 0 Å². The second-order valence-electron chi connectivity index (χ2n) is 7.30. The Labute approximate surface area is 189 Å². The van der Waals surface area contributed by atoms with Crippen molar-refractivity contribution in [2.24, 2.45) is 0 Å². The third-order valence-electron chi connectivity index (χ3n) is 5.19. The summed E-state index contributed by atoms with van der Waals surface area (Å²) in [5.74, 6) is -0.843. The van der Waals surface area contributed by atoms with Crippen molar-refractivity contribution in [3.63, 3.8) is 0 Å². The molecule has 3 rings (SSSR count). The third-order valence-corrected chi connectivity index (χ3v) is 5.19. The van der Waals surface area contributed by atoms with Gasteiger partial charge in [-0.15, -0.1) is 0 Å². The number of methoxy groups -OCH3 is 2. The quantitative estimate of drug-likeness (QED) is 0.277. The number of aliphatic hydroxyl groups is 4. The maximum absolute atomic E-state index is 11.8. The van der Waals surface area contributed by atoms with Gasteiger partial charge < -0.3 is 44.5 Å². The van der Waals surface area contributed by atoms with Crippen LogP contribution in [0, 0.1) is 0 Å². The maximum atomic E-state index is 11.8. The van der Waals surface area contributed by atoms with Crippen LogP contribution in [0.3, 0.4) is 0 Å². The Balaban J connectivity index is 1.99. The minimum Gasteiger partial charge on any atom is -0.493 e. The number of carboxylic acid groups (broad SMARTS) is 1. The number of benzene rings is 2. The highest BCUT2D eigenvalue weighted by Gasteiger charge is 2.45. The van der Waals surface area contributed by atoms with E-state index in [4.69, 9.17) is 18.9 Å². The lowest BCUT2D eigenvalue weighted by molar-refractivity contribution is -0.277. The monoisotopic (exact) mass is 462 g/mol. The van der Waals surface area contributed by atoms with E-state index in [0.717, 1.165) is 0 Å². The van der Waals surface area contributed by atoms with Gasteiger partial charge >= 0.3 is 5.97 Å². The van der Waals surface area contributed by atoms with Gasteiger partial charge in [0.15, 0.2) is 11.5 Å². The highest BCUT2D eigenvalue weighted by atomic mass is 16.7. The second-order valence-corrected chi connectivity index (χ2v) is 7.30. The summed E-state index contributed by atoms with van der Waals surface area (Å²) in [7, 11) is 2.72. The molecule has 2 aromatic rings. The van der Waals surface area contributed by atoms with Gasteiger partial charge in [0.25, 0.3) is 0 Å². The molecule has 178 valence electrons. The van der Waals surface area contributed by atoms with Crippen LogP contribution in [-0.4, -0.2) is 83.0 Å². The number of aliphatic carboxylic acids is 1. The number of ether oxygens (including phenoxy) is 4. The topological polar surface area (TPSA) is 155 Å². The molecular formula is C23H26O10. The molecule has 10 nitrogen and oxygen atoms in total. The summed E-state index contributed by atoms with van der Waals surface area (Å²) in [5.41, 5.74) is 0.984. The van der Waals surface area contributed by atoms with E-state index in [2.05, 4.69) is 0 Å². The van der Waals surface area contributed by atoms with E-state index in [9.17, 15) is 30.3 Å². The minimum absolute atomic E-state index is 0.0121. The summed E-state index contributed by atoms with van der Waals surface area (Å²) in [6.07, 6.45) is -5.95. The van der Waals surface area contributed by atoms with E-state index in [-0.39, 0.29) is 22.8 Å². The molecule has 0 aliphatic carbocycles. The second kappa shape index (κ2) is 10.6. The number of hydrogen-bond acceptors (Lipinski definition) is 9. The van der Waals surface area contributed by atoms with E-state index in [0.29, 0.717) is 11.1 Å². The molecular weight excluding hydrogens is 436 g/mol. The first-order valence-corrected chi connectivity index (χ1v) is 10.0. The molecule has 1 heterocycles. The van der Waals surface area contributed by atoms with Crippen LogP contribution < -0.4 is 14.2 Å². The Morgan fingerprint density at radius 3 is 2.12 bits per heavy atom. The van der Waals surface area contributed by atoms with Gasteiger partial charge in [0, 0.05) is 0 Å². The number of carbonyl (C=O) groups is 1. The van der Waals surface area contributed by atoms with Crippen LogP contribution in [0.5, 0.6) is 17.2 Å². The van der Waals surface area contributed by atoms with Crippen LogP contribution in [0.1, 0.15) is 11.1 Å². The molecule has 33 heavy (non-hydrogen) atoms. The summed E-state index contributed by atoms with van der Waals surface area (Å²) >= 11 is 0. The Hall–Kier alpha value is -3.15. The van der Waals surface area contributed by atoms with Crippen molar-refractivity contribution in [3.05, 3.63) is 53.6 Å². The number of hydrogen-bond donors (Lipinski definition) is 5. The van der Waals surface area contributed by atoms with Gasteiger partial charge in [-0.2, -0.15) is 0 Å². The molecule has 0 unspecified atom stereocenters. The molecule has 1 saturated heterocycles. The first kappa shape index (κ1) is 24.5. The third kappa shape index (κ3) is 5.27. The molecule has 10 heteroatoms. The lowest BCUT2D eigenvalue weighted by Crippen LogP contribution is -2.60. The standard InChI is InChI=1S/C23H26O10/c1-30-15-9-12(8-14(22(28)29)13-6-4-3-5-7-13)10-16(31-2)21(15)33-23-20(27)19(26)18(25)17(11-24)32-23/h3-10,17-20,23-27H,11H2,1-2H3,(H,28,29)/t17-,18+,19+,20-,23+/m1/s1. The van der Waals surface area contributed by atoms with E-state index in [1.807, 2.05) is 0 Å². The molecule has 0 spiro atoms. The van der Waals surface area contributed by atoms with Gasteiger partial charge in [-0.05, 0) is 29.3 Å². The van der Waals surface area contributed by atoms with Gasteiger partial charge in [0.05, 0.1) is 26.4 Å². The normalized spacial score (nSPS) is 25.4. The molecule has 1 aliphatic heterocycles. The first-order valence-electron chi connectivity index (χ1n) is 10.0. The highest BCUT2D eigenvalue weighted by Crippen LogP contribution is 2.41. The van der Waals surface area contributed by atoms with Crippen molar-refractivity contribution in [2.45, 2.75) is 30.7 Å². The van der Waals surface area contributed by atoms with E-state index in [1.54, 1.807) is 30.3 Å². The zero-order valence-corrected chi connectivity index (χ0v) is 18.0. The number of rotatable bonds is 8. The zero-order valence-electron chi connectivity index (χ0n) is 18.0. The SMILES string of the molecule is COc1cc(C=C(C(=O)O)c2ccccc2)cc(OC)c1O[C@@H]1O[C@H](CO)[C@H](O)[C@H](O)[C@H]1O. The van der Waals surface area contributed by atoms with Crippen LogP contribution >= 0.6 is 0 Å². The first-order chi connectivity index (χ1) is 15.8. The molecule has 1 aliphatic rings. The Bertz CT molecular complexity index is 963. The Morgan fingerprint density at radius 2 is 1.61 bits per heavy atom. The summed E-state index contributed by atoms with van der Waals surface area (Å²) in [5, 5.41) is 49.3. The Morgan fingerprint density at radius 1 is 1.00 bits per heavy atom. The average Bonchev–Trinajstić information content (AvgIpc) is 2.83. The van der Waals surface area contributed by atoms with E-state index >= 15 is 0 Å². The number of carboxylic acids is 1. The predicted molar refractivity (Wildman–Crippen MR) is 116 cm³/mol. The van der Waals surface area contributed by atoms with Crippen molar-refractivity contribution in [1.29, 1.82) is 0 Å². The molecule has 2 aromatic carbocycles. The van der Waals surface area contributed by atoms with E-state index in [1.165, 1.54) is 32.4 Å². The lowest BCUT2D eigenvalue weighted by Gasteiger charge is -2.39. The van der Waals surface area contributed by atoms with Gasteiger partial charge in [-0.25, -0.2) is 4.79 Å². The lowest BCUT2D eigenvalue weighted by atomic mass is 9.99. The van der Waals surface area contributed by atoms with Gasteiger partial charge in [-0.1, -0.05) is 30.3 Å². The van der Waals surface area contributed by atoms with Crippen molar-refractivity contribution in [3.8, 4) is 17.2 Å². The predicted octanol–water partition coefficient (Wildman–Crippen LogP) is 0.508. The maximum Gasteiger partial charge on any atom is 0.336 e. The summed E-state index contributed by atoms with van der Waals surface area (Å²) in [6.45, 7) is -0.611. The molecule has 0 aromatic heterocycles. The molecule has 5 N–H and O–H groups in total. The molecule has 5 atom stereocenters. The van der Waals surface area contributed by atoms with Crippen molar-refractivity contribution in [2.75, 3.05) is 20.8 Å². The van der Waals surface area contributed by atoms with Gasteiger partial charge in [-0.3, -0.25) is 0 Å². The van der Waals surface area contributed by atoms with Crippen LogP contribution in [0.15, 0.2) is 42.5 Å². The van der Waals surface area contributed by atoms with Crippen LogP contribution in [0.4, 0.5) is 0 Å². The summed E-state index contributed by atoms with van der Waals surface area (Å²) in [4.78, 5) is 11.8. The highest BCUT2D eigenvalue weighted by molar-refractivity contribution is 6.20. The summed E-state index contributed by atoms with van der Waals surface area (Å²) in [6, 6.07) is 11.6. The number of aliphatic hydroxyl groups excluding tert-OH is 4. The van der Waals surface area contributed by atoms with Crippen LogP contribution in [-0.2, 0) is 9.53 Å². The van der Waals surface area contributed by atoms with E-state index < -0.39 is 43.3 Å². The average molecular weight is 462 g/mol. The molecule has 0 saturated carbocycles. The van der Waals surface area contributed by atoms with Crippen molar-refractivity contribution >= 4 is 17.6 Å². The minimum atomic E-state index is -1.63. The molecule has 0 bridgehead atoms. The largest absolute Gasteiger partial charge is 0.493 e. The summed E-state index contributed by atoms with van der Waals surface area (Å²) < 4.78 is 21.8. The zero-order chi connectivity index (χ0) is 24.1. The molecule has 0 radical (unpaired) electrons. The Kier molecular flexibility index (Phi) is 7.90. The van der Waals surface area contributed by atoms with Gasteiger partial charge in [0.2, 0.25) is 12.0 Å². The molecule has 1 fully saturated rings. The fourth-order valence-electron chi connectivity index (χ4n) is 3.43. The van der Waals surface area contributed by atoms with Gasteiger partial charge in [0.1, 0.15) is 24.4 Å². The molecule has 0 amide bonds. The van der Waals surface area contributed by atoms with Crippen LogP contribution in [0.25, 0.3) is 11.6 Å². The fourth-order valence-corrected chi connectivity index (χ4v) is 3.43. The fraction of sp³-hybridized carbons (Fsp3) is 0.348. The van der Waals surface area contributed by atoms with Crippen molar-refractivity contribution < 1.29 is 49.3 Å².